The summed E-state index contributed by atoms with van der Waals surface area (Å²) in [5, 5.41) is 15.7. The zero-order valence-electron chi connectivity index (χ0n) is 43.0. The molecule has 2 heteroatoms. The molecule has 2 fully saturated rings. The smallest absolute Gasteiger partial charge is 0.0243 e. The number of rotatable bonds is 11. The molecule has 2 saturated heterocycles. The highest BCUT2D eigenvalue weighted by molar-refractivity contribution is 5.99. The molecule has 0 amide bonds. The SMILES string of the molecule is C1=Cc2ccccc2C(c2ccc(C(c3ccc(-c4cccc5ccccc45)cc3)C3CC(c4ccc5c(-c6ccc([C@@H](c7ccc(-c8cccc9ccccc89)cc7)C7CCCN7)cc6)cccc5c4)CN3)cc2)C1. The number of allylic oxidation sites excluding steroid dienone is 1. The summed E-state index contributed by atoms with van der Waals surface area (Å²) < 4.78 is 0. The Hall–Kier alpha value is -8.14. The minimum absolute atomic E-state index is 0.202. The second-order valence-electron chi connectivity index (χ2n) is 21.8. The zero-order chi connectivity index (χ0) is 50.4. The minimum atomic E-state index is 0.202. The highest BCUT2D eigenvalue weighted by Gasteiger charge is 2.34. The highest BCUT2D eigenvalue weighted by Crippen LogP contribution is 2.43. The van der Waals surface area contributed by atoms with Crippen LogP contribution in [0, 0.1) is 0 Å². The lowest BCUT2D eigenvalue weighted by atomic mass is 9.79. The molecule has 1 aliphatic carbocycles. The number of nitrogens with one attached hydrogen (secondary N) is 2. The van der Waals surface area contributed by atoms with Gasteiger partial charge in [0.2, 0.25) is 0 Å². The van der Waals surface area contributed by atoms with Crippen LogP contribution in [0.2, 0.25) is 0 Å². The first-order valence-corrected chi connectivity index (χ1v) is 27.8. The van der Waals surface area contributed by atoms with Crippen LogP contribution >= 0.6 is 0 Å². The first-order valence-electron chi connectivity index (χ1n) is 27.8. The van der Waals surface area contributed by atoms with Crippen molar-refractivity contribution in [2.75, 3.05) is 13.1 Å². The van der Waals surface area contributed by atoms with Gasteiger partial charge in [-0.25, -0.2) is 0 Å². The Morgan fingerprint density at radius 1 is 0.395 bits per heavy atom. The molecule has 0 spiro atoms. The first-order chi connectivity index (χ1) is 37.7. The molecule has 3 aliphatic rings. The fourth-order valence-corrected chi connectivity index (χ4v) is 13.6. The van der Waals surface area contributed by atoms with E-state index in [1.54, 1.807) is 0 Å². The van der Waals surface area contributed by atoms with E-state index in [0.29, 0.717) is 17.9 Å². The van der Waals surface area contributed by atoms with Gasteiger partial charge in [-0.05, 0) is 148 Å². The molecule has 11 aromatic rings. The van der Waals surface area contributed by atoms with E-state index >= 15 is 0 Å². The van der Waals surface area contributed by atoms with Crippen molar-refractivity contribution in [3.05, 3.63) is 293 Å². The predicted octanol–water partition coefficient (Wildman–Crippen LogP) is 17.9. The number of benzene rings is 11. The summed E-state index contributed by atoms with van der Waals surface area (Å²) in [5.74, 6) is 1.26. The lowest BCUT2D eigenvalue weighted by Crippen LogP contribution is -2.29. The molecule has 76 heavy (non-hydrogen) atoms. The summed E-state index contributed by atoms with van der Waals surface area (Å²) in [5.41, 5.74) is 18.7. The van der Waals surface area contributed by atoms with Crippen LogP contribution in [0.4, 0.5) is 0 Å². The molecular weight excluding hydrogens is 917 g/mol. The van der Waals surface area contributed by atoms with Gasteiger partial charge in [0.25, 0.3) is 0 Å². The Balaban J connectivity index is 0.735. The molecule has 2 heterocycles. The van der Waals surface area contributed by atoms with Crippen molar-refractivity contribution in [2.24, 2.45) is 0 Å². The number of hydrogen-bond donors (Lipinski definition) is 2. The molecule has 5 unspecified atom stereocenters. The van der Waals surface area contributed by atoms with E-state index < -0.39 is 0 Å². The Morgan fingerprint density at radius 3 is 1.46 bits per heavy atom. The van der Waals surface area contributed by atoms with Crippen LogP contribution in [0.1, 0.15) is 93.9 Å². The van der Waals surface area contributed by atoms with Crippen molar-refractivity contribution in [1.82, 2.24) is 10.6 Å². The minimum Gasteiger partial charge on any atom is -0.313 e. The van der Waals surface area contributed by atoms with E-state index in [0.717, 1.165) is 25.9 Å². The van der Waals surface area contributed by atoms with E-state index in [4.69, 9.17) is 0 Å². The predicted molar refractivity (Wildman–Crippen MR) is 320 cm³/mol. The summed E-state index contributed by atoms with van der Waals surface area (Å²) >= 11 is 0. The van der Waals surface area contributed by atoms with Gasteiger partial charge in [0.05, 0.1) is 0 Å². The molecule has 368 valence electrons. The maximum Gasteiger partial charge on any atom is 0.0243 e. The third kappa shape index (κ3) is 8.76. The third-order valence-electron chi connectivity index (χ3n) is 17.5. The number of fused-ring (bicyclic) bond motifs is 4. The average Bonchev–Trinajstić information content (AvgIpc) is 4.24. The van der Waals surface area contributed by atoms with Gasteiger partial charge in [0.15, 0.2) is 0 Å². The van der Waals surface area contributed by atoms with Crippen LogP contribution in [-0.4, -0.2) is 25.2 Å². The monoisotopic (exact) mass is 978 g/mol. The summed E-state index contributed by atoms with van der Waals surface area (Å²) in [7, 11) is 0. The van der Waals surface area contributed by atoms with Gasteiger partial charge >= 0.3 is 0 Å². The van der Waals surface area contributed by atoms with Crippen LogP contribution in [0.25, 0.3) is 71.8 Å². The molecular formula is C74H62N2. The zero-order valence-corrected chi connectivity index (χ0v) is 43.0. The van der Waals surface area contributed by atoms with Crippen LogP contribution in [0.15, 0.2) is 249 Å². The standard InChI is InChI=1S/C74H62N2/c1-4-19-63-49(12-1)15-7-22-66(63)52-27-35-56(36-28-52)73(71-26-11-45-75-71)57-37-29-55(30-38-57)69-25-10-18-61-46-60(43-44-70(61)69)62-47-72(76-48-62)74(58-39-31-53(32-40-58)67-23-8-16-50-13-2-5-20-64(50)67)59-41-33-54(34-42-59)68-24-9-17-51-14-3-6-21-65(51)68/h1-10,12-23,25,27-44,46,62,68,71-76H,11,24,26,45,47-48H2/t62?,68?,71?,72?,73-,74?/m1/s1. The van der Waals surface area contributed by atoms with Crippen molar-refractivity contribution in [3.63, 3.8) is 0 Å². The van der Waals surface area contributed by atoms with Crippen LogP contribution in [0.5, 0.6) is 0 Å². The lowest BCUT2D eigenvalue weighted by molar-refractivity contribution is 0.536. The normalized spacial score (nSPS) is 19.0. The third-order valence-corrected chi connectivity index (χ3v) is 17.5. The van der Waals surface area contributed by atoms with Gasteiger partial charge < -0.3 is 10.6 Å². The van der Waals surface area contributed by atoms with Crippen LogP contribution in [0.3, 0.4) is 0 Å². The first kappa shape index (κ1) is 46.4. The Bertz CT molecular complexity index is 3890. The second-order valence-corrected chi connectivity index (χ2v) is 21.8. The van der Waals surface area contributed by atoms with Crippen molar-refractivity contribution in [1.29, 1.82) is 0 Å². The van der Waals surface area contributed by atoms with Crippen molar-refractivity contribution >= 4 is 38.4 Å². The van der Waals surface area contributed by atoms with Crippen molar-refractivity contribution in [2.45, 2.75) is 61.4 Å². The Morgan fingerprint density at radius 2 is 0.882 bits per heavy atom. The van der Waals surface area contributed by atoms with Crippen molar-refractivity contribution in [3.8, 4) is 33.4 Å². The molecule has 6 atom stereocenters. The van der Waals surface area contributed by atoms with E-state index in [-0.39, 0.29) is 17.9 Å². The van der Waals surface area contributed by atoms with Gasteiger partial charge in [-0.3, -0.25) is 0 Å². The molecule has 2 aliphatic heterocycles. The molecule has 0 aromatic heterocycles. The topological polar surface area (TPSA) is 24.1 Å². The maximum atomic E-state index is 4.10. The molecule has 2 N–H and O–H groups in total. The van der Waals surface area contributed by atoms with Gasteiger partial charge in [0.1, 0.15) is 0 Å². The van der Waals surface area contributed by atoms with E-state index in [1.165, 1.54) is 123 Å². The van der Waals surface area contributed by atoms with Crippen LogP contribution in [-0.2, 0) is 0 Å². The fourth-order valence-electron chi connectivity index (χ4n) is 13.6. The summed E-state index contributed by atoms with van der Waals surface area (Å²) in [6, 6.07) is 92.5. The Kier molecular flexibility index (Phi) is 12.3. The highest BCUT2D eigenvalue weighted by atomic mass is 15.0. The average molecular weight is 979 g/mol. The lowest BCUT2D eigenvalue weighted by Gasteiger charge is -2.27. The van der Waals surface area contributed by atoms with Crippen LogP contribution < -0.4 is 10.6 Å². The van der Waals surface area contributed by atoms with Gasteiger partial charge in [0, 0.05) is 36.4 Å². The molecule has 2 nitrogen and oxygen atoms in total. The molecule has 0 radical (unpaired) electrons. The summed E-state index contributed by atoms with van der Waals surface area (Å²) in [6.07, 6.45) is 9.12. The number of hydrogen-bond acceptors (Lipinski definition) is 2. The molecule has 0 saturated carbocycles. The maximum absolute atomic E-state index is 4.10. The molecule has 0 bridgehead atoms. The molecule has 14 rings (SSSR count). The quantitative estimate of drug-likeness (QED) is 0.135. The largest absolute Gasteiger partial charge is 0.313 e. The Labute approximate surface area is 447 Å². The second kappa shape index (κ2) is 20.2. The van der Waals surface area contributed by atoms with Gasteiger partial charge in [-0.2, -0.15) is 0 Å². The van der Waals surface area contributed by atoms with Crippen molar-refractivity contribution < 1.29 is 0 Å². The molecule has 11 aromatic carbocycles. The van der Waals surface area contributed by atoms with Gasteiger partial charge in [-0.15, -0.1) is 0 Å². The van der Waals surface area contributed by atoms with E-state index in [2.05, 4.69) is 265 Å². The van der Waals surface area contributed by atoms with E-state index in [9.17, 15) is 0 Å². The fraction of sp³-hybridized carbons (Fsp3) is 0.162. The van der Waals surface area contributed by atoms with E-state index in [1.807, 2.05) is 0 Å². The summed E-state index contributed by atoms with van der Waals surface area (Å²) in [6.45, 7) is 2.03. The summed E-state index contributed by atoms with van der Waals surface area (Å²) in [4.78, 5) is 0. The van der Waals surface area contributed by atoms with Gasteiger partial charge in [-0.1, -0.05) is 255 Å².